The van der Waals surface area contributed by atoms with Gasteiger partial charge in [-0.15, -0.1) is 11.3 Å². The average Bonchev–Trinajstić information content (AvgIpc) is 3.37. The van der Waals surface area contributed by atoms with Gasteiger partial charge in [-0.3, -0.25) is 10.00 Å². The molecule has 7 nitrogen and oxygen atoms in total. The number of nitrogens with zero attached hydrogens (tertiary/aromatic N) is 4. The summed E-state index contributed by atoms with van der Waals surface area (Å²) in [6, 6.07) is 9.22. The van der Waals surface area contributed by atoms with Crippen molar-refractivity contribution in [2.75, 3.05) is 25.5 Å². The molecule has 0 spiro atoms. The number of methoxy groups -OCH3 is 1. The highest BCUT2D eigenvalue weighted by atomic mass is 32.1. The molecule has 4 heterocycles. The summed E-state index contributed by atoms with van der Waals surface area (Å²) in [6.45, 7) is 9.34. The predicted octanol–water partition coefficient (Wildman–Crippen LogP) is 5.02. The number of aromatic nitrogens is 4. The maximum Gasteiger partial charge on any atom is 0.138 e. The molecule has 0 aliphatic carbocycles. The second-order valence-corrected chi connectivity index (χ2v) is 10.5. The third-order valence-corrected chi connectivity index (χ3v) is 7.74. The maximum absolute atomic E-state index is 5.66. The van der Waals surface area contributed by atoms with Gasteiger partial charge in [-0.25, -0.2) is 9.97 Å². The van der Waals surface area contributed by atoms with E-state index in [1.54, 1.807) is 24.8 Å². The first-order valence-electron chi connectivity index (χ1n) is 11.9. The van der Waals surface area contributed by atoms with Crippen LogP contribution in [0.15, 0.2) is 30.6 Å². The molecule has 34 heavy (non-hydrogen) atoms. The number of aryl methyl sites for hydroxylation is 3. The van der Waals surface area contributed by atoms with Crippen molar-refractivity contribution in [2.24, 2.45) is 0 Å². The zero-order chi connectivity index (χ0) is 23.7. The molecule has 2 N–H and O–H groups in total. The number of anilines is 1. The van der Waals surface area contributed by atoms with E-state index in [9.17, 15) is 0 Å². The van der Waals surface area contributed by atoms with Crippen LogP contribution in [0.5, 0.6) is 5.75 Å². The van der Waals surface area contributed by atoms with Crippen LogP contribution in [0.2, 0.25) is 0 Å². The lowest BCUT2D eigenvalue weighted by atomic mass is 9.99. The summed E-state index contributed by atoms with van der Waals surface area (Å²) in [5, 5.41) is 12.3. The number of likely N-dealkylation sites (tertiary alicyclic amines) is 1. The van der Waals surface area contributed by atoms with E-state index in [0.717, 1.165) is 72.1 Å². The molecular formula is C26H32N6OS. The molecule has 1 aliphatic heterocycles. The molecule has 4 aromatic rings. The predicted molar refractivity (Wildman–Crippen MR) is 138 cm³/mol. The number of piperidine rings is 1. The Morgan fingerprint density at radius 1 is 1.15 bits per heavy atom. The summed E-state index contributed by atoms with van der Waals surface area (Å²) in [4.78, 5) is 13.8. The molecule has 5 rings (SSSR count). The van der Waals surface area contributed by atoms with E-state index in [1.165, 1.54) is 21.6 Å². The Labute approximate surface area is 204 Å². The van der Waals surface area contributed by atoms with E-state index >= 15 is 0 Å². The highest BCUT2D eigenvalue weighted by molar-refractivity contribution is 7.18. The van der Waals surface area contributed by atoms with E-state index in [1.807, 2.05) is 0 Å². The van der Waals surface area contributed by atoms with Crippen LogP contribution >= 0.6 is 11.3 Å². The molecule has 8 heteroatoms. The molecule has 0 saturated carbocycles. The fourth-order valence-corrected chi connectivity index (χ4v) is 5.72. The lowest BCUT2D eigenvalue weighted by Gasteiger charge is -2.32. The minimum absolute atomic E-state index is 0.438. The number of fused-ring (bicyclic) bond motifs is 1. The van der Waals surface area contributed by atoms with Crippen molar-refractivity contribution >= 4 is 27.4 Å². The second kappa shape index (κ2) is 9.72. The van der Waals surface area contributed by atoms with E-state index in [0.29, 0.717) is 6.04 Å². The van der Waals surface area contributed by atoms with Crippen LogP contribution in [-0.2, 0) is 13.0 Å². The molecule has 0 unspecified atom stereocenters. The molecular weight excluding hydrogens is 444 g/mol. The van der Waals surface area contributed by atoms with Gasteiger partial charge < -0.3 is 10.1 Å². The average molecular weight is 477 g/mol. The zero-order valence-corrected chi connectivity index (χ0v) is 21.1. The molecule has 1 aliphatic rings. The van der Waals surface area contributed by atoms with Crippen LogP contribution in [-0.4, -0.2) is 51.3 Å². The van der Waals surface area contributed by atoms with E-state index < -0.39 is 0 Å². The minimum Gasteiger partial charge on any atom is -0.496 e. The van der Waals surface area contributed by atoms with Crippen LogP contribution in [0.3, 0.4) is 0 Å². The minimum atomic E-state index is 0.438. The zero-order valence-electron chi connectivity index (χ0n) is 20.3. The summed E-state index contributed by atoms with van der Waals surface area (Å²) in [6.07, 6.45) is 4.70. The quantitative estimate of drug-likeness (QED) is 0.390. The first kappa shape index (κ1) is 22.8. The summed E-state index contributed by atoms with van der Waals surface area (Å²) < 4.78 is 5.66. The molecule has 0 atom stereocenters. The van der Waals surface area contributed by atoms with Crippen LogP contribution in [0, 0.1) is 20.8 Å². The Morgan fingerprint density at radius 3 is 2.71 bits per heavy atom. The van der Waals surface area contributed by atoms with Gasteiger partial charge in [0.25, 0.3) is 0 Å². The van der Waals surface area contributed by atoms with Crippen molar-refractivity contribution in [3.63, 3.8) is 0 Å². The van der Waals surface area contributed by atoms with Gasteiger partial charge in [0.15, 0.2) is 0 Å². The lowest BCUT2D eigenvalue weighted by molar-refractivity contribution is 0.211. The normalized spacial score (nSPS) is 15.2. The van der Waals surface area contributed by atoms with Crippen molar-refractivity contribution in [1.82, 2.24) is 25.1 Å². The largest absolute Gasteiger partial charge is 0.496 e. The van der Waals surface area contributed by atoms with Crippen molar-refractivity contribution in [2.45, 2.75) is 52.6 Å². The molecule has 1 saturated heterocycles. The van der Waals surface area contributed by atoms with Gasteiger partial charge in [0.1, 0.15) is 22.7 Å². The number of hydrogen-bond acceptors (Lipinski definition) is 7. The molecule has 0 amide bonds. The number of H-pyrrole nitrogens is 1. The Bertz CT molecular complexity index is 1270. The number of ether oxygens (including phenoxy) is 1. The summed E-state index contributed by atoms with van der Waals surface area (Å²) in [5.41, 5.74) is 5.97. The number of benzene rings is 1. The summed E-state index contributed by atoms with van der Waals surface area (Å²) in [5.74, 6) is 1.91. The fraction of sp³-hybridized carbons (Fsp3) is 0.423. The number of nitrogens with one attached hydrogen (secondary N) is 2. The van der Waals surface area contributed by atoms with Gasteiger partial charge in [-0.2, -0.15) is 5.10 Å². The van der Waals surface area contributed by atoms with Gasteiger partial charge in [-0.05, 0) is 56.9 Å². The summed E-state index contributed by atoms with van der Waals surface area (Å²) in [7, 11) is 1.74. The first-order valence-corrected chi connectivity index (χ1v) is 12.7. The highest BCUT2D eigenvalue weighted by Crippen LogP contribution is 2.29. The third kappa shape index (κ3) is 4.79. The highest BCUT2D eigenvalue weighted by Gasteiger charge is 2.21. The smallest absolute Gasteiger partial charge is 0.138 e. The molecule has 1 fully saturated rings. The number of hydrogen-bond donors (Lipinski definition) is 2. The monoisotopic (exact) mass is 476 g/mol. The van der Waals surface area contributed by atoms with Crippen LogP contribution in [0.1, 0.15) is 45.8 Å². The van der Waals surface area contributed by atoms with Crippen molar-refractivity contribution in [3.05, 3.63) is 63.5 Å². The van der Waals surface area contributed by atoms with E-state index in [2.05, 4.69) is 75.4 Å². The third-order valence-electron chi connectivity index (χ3n) is 6.78. The maximum atomic E-state index is 5.66. The van der Waals surface area contributed by atoms with Gasteiger partial charge in [-0.1, -0.05) is 12.1 Å². The van der Waals surface area contributed by atoms with Crippen molar-refractivity contribution in [1.29, 1.82) is 0 Å². The molecule has 0 radical (unpaired) electrons. The Morgan fingerprint density at radius 2 is 1.97 bits per heavy atom. The van der Waals surface area contributed by atoms with Gasteiger partial charge >= 0.3 is 0 Å². The van der Waals surface area contributed by atoms with Gasteiger partial charge in [0, 0.05) is 48.2 Å². The van der Waals surface area contributed by atoms with Crippen LogP contribution in [0.25, 0.3) is 10.2 Å². The van der Waals surface area contributed by atoms with Gasteiger partial charge in [0.05, 0.1) is 18.2 Å². The Hall–Kier alpha value is -2.97. The fourth-order valence-electron chi connectivity index (χ4n) is 4.87. The number of thiophene rings is 1. The second-order valence-electron chi connectivity index (χ2n) is 9.23. The number of aromatic amines is 1. The molecule has 1 aromatic carbocycles. The van der Waals surface area contributed by atoms with Crippen molar-refractivity contribution in [3.8, 4) is 5.75 Å². The Kier molecular flexibility index (Phi) is 6.52. The van der Waals surface area contributed by atoms with E-state index in [-0.39, 0.29) is 0 Å². The summed E-state index contributed by atoms with van der Waals surface area (Å²) >= 11 is 1.72. The SMILES string of the molecule is COc1ccc(CN2CCC(Nc3ncnc4sc(C)cc34)CC2)cc1Cc1c(C)n[nH]c1C. The first-order chi connectivity index (χ1) is 16.5. The lowest BCUT2D eigenvalue weighted by Crippen LogP contribution is -2.38. The van der Waals surface area contributed by atoms with Gasteiger partial charge in [0.2, 0.25) is 0 Å². The number of rotatable bonds is 7. The topological polar surface area (TPSA) is 79.0 Å². The van der Waals surface area contributed by atoms with E-state index in [4.69, 9.17) is 4.74 Å². The van der Waals surface area contributed by atoms with Crippen LogP contribution < -0.4 is 10.1 Å². The molecule has 3 aromatic heterocycles. The molecule has 0 bridgehead atoms. The van der Waals surface area contributed by atoms with Crippen LogP contribution in [0.4, 0.5) is 5.82 Å². The van der Waals surface area contributed by atoms with Crippen molar-refractivity contribution < 1.29 is 4.74 Å². The molecule has 178 valence electrons. The Balaban J connectivity index is 1.22. The standard InChI is InChI=1S/C26H32N6OS/c1-16-11-23-25(27-15-28-26(23)34-16)29-21-7-9-32(10-8-21)14-19-5-6-24(33-4)20(12-19)13-22-17(2)30-31-18(22)3/h5-6,11-12,15,21H,7-10,13-14H2,1-4H3,(H,30,31)(H,27,28,29).